The van der Waals surface area contributed by atoms with Gasteiger partial charge < -0.3 is 10.2 Å². The Morgan fingerprint density at radius 2 is 1.68 bits per heavy atom. The molecule has 4 rings (SSSR count). The van der Waals surface area contributed by atoms with Gasteiger partial charge in [-0.25, -0.2) is 0 Å². The molecule has 1 heterocycles. The quantitative estimate of drug-likeness (QED) is 0.219. The molecule has 37 heavy (non-hydrogen) atoms. The molecule has 0 fully saturated rings. The van der Waals surface area contributed by atoms with E-state index in [9.17, 15) is 0 Å². The first kappa shape index (κ1) is 25.4. The molecule has 1 aliphatic heterocycles. The van der Waals surface area contributed by atoms with Crippen molar-refractivity contribution in [3.63, 3.8) is 0 Å². The van der Waals surface area contributed by atoms with Crippen molar-refractivity contribution in [1.82, 2.24) is 10.2 Å². The van der Waals surface area contributed by atoms with E-state index >= 15 is 0 Å². The SMILES string of the molecule is C#CC(/C(=C1/NC(C)=C(c2ccc(C)c(/C=C\C=C)c2)C(=C=C)N1C)c1ccccc1)c1ccccc1. The maximum Gasteiger partial charge on any atom is 0.116 e. The molecule has 0 radical (unpaired) electrons. The van der Waals surface area contributed by atoms with Crippen LogP contribution in [0.25, 0.3) is 17.2 Å². The van der Waals surface area contributed by atoms with Crippen molar-refractivity contribution in [2.45, 2.75) is 19.8 Å². The third-order valence-electron chi connectivity index (χ3n) is 6.66. The monoisotopic (exact) mass is 480 g/mol. The summed E-state index contributed by atoms with van der Waals surface area (Å²) in [6.45, 7) is 12.1. The lowest BCUT2D eigenvalue weighted by Crippen LogP contribution is -2.35. The van der Waals surface area contributed by atoms with E-state index in [0.29, 0.717) is 0 Å². The van der Waals surface area contributed by atoms with Gasteiger partial charge >= 0.3 is 0 Å². The number of hydrogen-bond donors (Lipinski definition) is 1. The minimum Gasteiger partial charge on any atom is -0.344 e. The van der Waals surface area contributed by atoms with E-state index in [-0.39, 0.29) is 5.92 Å². The molecule has 1 N–H and O–H groups in total. The Balaban J connectivity index is 1.94. The second kappa shape index (κ2) is 11.4. The van der Waals surface area contributed by atoms with Gasteiger partial charge in [-0.1, -0.05) is 110 Å². The molecule has 2 heteroatoms. The zero-order valence-corrected chi connectivity index (χ0v) is 21.8. The molecule has 3 aromatic rings. The van der Waals surface area contributed by atoms with Crippen LogP contribution in [0.5, 0.6) is 0 Å². The standard InChI is InChI=1S/C35H32N2/c1-7-10-17-29-24-30(23-22-25(29)4)33-26(5)36-35(37(6)32(33)9-3)34(28-20-15-12-16-21-28)31(8-2)27-18-13-11-14-19-27/h2,7,10-24,31,36H,1,3H2,4-6H3/b17-10-,35-34-. The van der Waals surface area contributed by atoms with Crippen LogP contribution in [-0.2, 0) is 0 Å². The summed E-state index contributed by atoms with van der Waals surface area (Å²) in [5, 5.41) is 3.71. The van der Waals surface area contributed by atoms with Crippen LogP contribution in [0.2, 0.25) is 0 Å². The molecule has 1 atom stereocenters. The maximum atomic E-state index is 6.20. The Bertz CT molecular complexity index is 1490. The second-order valence-corrected chi connectivity index (χ2v) is 9.01. The predicted octanol–water partition coefficient (Wildman–Crippen LogP) is 7.91. The van der Waals surface area contributed by atoms with Crippen molar-refractivity contribution in [1.29, 1.82) is 0 Å². The maximum absolute atomic E-state index is 6.20. The molecule has 0 amide bonds. The largest absolute Gasteiger partial charge is 0.344 e. The number of hydrogen-bond acceptors (Lipinski definition) is 2. The van der Waals surface area contributed by atoms with Gasteiger partial charge in [0.05, 0.1) is 11.6 Å². The number of rotatable bonds is 6. The molecule has 0 aliphatic carbocycles. The fourth-order valence-corrected chi connectivity index (χ4v) is 4.79. The summed E-state index contributed by atoms with van der Waals surface area (Å²) in [5.74, 6) is 3.73. The summed E-state index contributed by atoms with van der Waals surface area (Å²) in [6.07, 6.45) is 12.0. The molecular weight excluding hydrogens is 448 g/mol. The Morgan fingerprint density at radius 3 is 2.30 bits per heavy atom. The molecule has 0 spiro atoms. The molecule has 2 nitrogen and oxygen atoms in total. The van der Waals surface area contributed by atoms with E-state index in [1.807, 2.05) is 49.5 Å². The minimum absolute atomic E-state index is 0.246. The van der Waals surface area contributed by atoms with Crippen LogP contribution >= 0.6 is 0 Å². The third-order valence-corrected chi connectivity index (χ3v) is 6.66. The minimum atomic E-state index is -0.246. The summed E-state index contributed by atoms with van der Waals surface area (Å²) < 4.78 is 0. The average molecular weight is 481 g/mol. The summed E-state index contributed by atoms with van der Waals surface area (Å²) in [4.78, 5) is 2.12. The van der Waals surface area contributed by atoms with Crippen molar-refractivity contribution in [3.8, 4) is 12.3 Å². The van der Waals surface area contributed by atoms with Gasteiger partial charge in [0.25, 0.3) is 0 Å². The van der Waals surface area contributed by atoms with Gasteiger partial charge in [0.15, 0.2) is 0 Å². The number of nitrogens with one attached hydrogen (secondary N) is 1. The molecule has 0 saturated heterocycles. The number of terminal acetylenes is 1. The lowest BCUT2D eigenvalue weighted by molar-refractivity contribution is 0.489. The van der Waals surface area contributed by atoms with Gasteiger partial charge in [-0.3, -0.25) is 0 Å². The van der Waals surface area contributed by atoms with Crippen molar-refractivity contribution in [3.05, 3.63) is 155 Å². The fourth-order valence-electron chi connectivity index (χ4n) is 4.79. The third kappa shape index (κ3) is 5.14. The van der Waals surface area contributed by atoms with Gasteiger partial charge in [0.1, 0.15) is 5.82 Å². The van der Waals surface area contributed by atoms with Gasteiger partial charge in [0.2, 0.25) is 0 Å². The van der Waals surface area contributed by atoms with Crippen LogP contribution in [0.4, 0.5) is 0 Å². The van der Waals surface area contributed by atoms with Crippen molar-refractivity contribution in [2.75, 3.05) is 7.05 Å². The van der Waals surface area contributed by atoms with Crippen molar-refractivity contribution >= 4 is 17.2 Å². The molecular formula is C35H32N2. The normalized spacial score (nSPS) is 15.6. The Labute approximate surface area is 221 Å². The van der Waals surface area contributed by atoms with Gasteiger partial charge in [-0.2, -0.15) is 0 Å². The smallest absolute Gasteiger partial charge is 0.116 e. The number of benzene rings is 3. The van der Waals surface area contributed by atoms with E-state index < -0.39 is 0 Å². The highest BCUT2D eigenvalue weighted by Gasteiger charge is 2.30. The van der Waals surface area contributed by atoms with Crippen molar-refractivity contribution < 1.29 is 0 Å². The summed E-state index contributed by atoms with van der Waals surface area (Å²) in [7, 11) is 2.04. The zero-order valence-electron chi connectivity index (χ0n) is 21.8. The molecule has 182 valence electrons. The first-order valence-electron chi connectivity index (χ1n) is 12.3. The van der Waals surface area contributed by atoms with Crippen LogP contribution in [0, 0.1) is 19.3 Å². The van der Waals surface area contributed by atoms with Gasteiger partial charge in [-0.05, 0) is 47.7 Å². The summed E-state index contributed by atoms with van der Waals surface area (Å²) in [5.41, 5.74) is 12.8. The predicted molar refractivity (Wildman–Crippen MR) is 158 cm³/mol. The van der Waals surface area contributed by atoms with E-state index in [0.717, 1.165) is 50.6 Å². The zero-order chi connectivity index (χ0) is 26.4. The van der Waals surface area contributed by atoms with E-state index in [1.54, 1.807) is 6.08 Å². The van der Waals surface area contributed by atoms with Crippen LogP contribution in [0.3, 0.4) is 0 Å². The molecule has 0 bridgehead atoms. The van der Waals surface area contributed by atoms with E-state index in [4.69, 9.17) is 6.42 Å². The van der Waals surface area contributed by atoms with Crippen LogP contribution in [0.15, 0.2) is 127 Å². The van der Waals surface area contributed by atoms with Crippen LogP contribution < -0.4 is 5.32 Å². The lowest BCUT2D eigenvalue weighted by Gasteiger charge is -2.36. The number of nitrogens with zero attached hydrogens (tertiary/aromatic N) is 1. The van der Waals surface area contributed by atoms with Gasteiger partial charge in [-0.15, -0.1) is 12.2 Å². The number of allylic oxidation sites excluding steroid dienone is 5. The summed E-state index contributed by atoms with van der Waals surface area (Å²) in [6, 6.07) is 27.0. The second-order valence-electron chi connectivity index (χ2n) is 9.01. The molecule has 1 unspecified atom stereocenters. The summed E-state index contributed by atoms with van der Waals surface area (Å²) >= 11 is 0. The highest BCUT2D eigenvalue weighted by molar-refractivity contribution is 5.86. The Hall–Kier alpha value is -4.70. The first-order chi connectivity index (χ1) is 18.0. The van der Waals surface area contributed by atoms with E-state index in [1.165, 1.54) is 5.56 Å². The van der Waals surface area contributed by atoms with Crippen molar-refractivity contribution in [2.24, 2.45) is 0 Å². The van der Waals surface area contributed by atoms with E-state index in [2.05, 4.69) is 97.4 Å². The Morgan fingerprint density at radius 1 is 1.00 bits per heavy atom. The highest BCUT2D eigenvalue weighted by atomic mass is 15.3. The lowest BCUT2D eigenvalue weighted by atomic mass is 9.86. The molecule has 0 saturated carbocycles. The van der Waals surface area contributed by atoms with Crippen LogP contribution in [0.1, 0.15) is 40.7 Å². The molecule has 0 aromatic heterocycles. The molecule has 1 aliphatic rings. The first-order valence-corrected chi connectivity index (χ1v) is 12.3. The number of likely N-dealkylation sites (N-methyl/N-ethyl adjacent to an activating group) is 1. The fraction of sp³-hybridized carbons (Fsp3) is 0.114. The van der Waals surface area contributed by atoms with Crippen LogP contribution in [-0.4, -0.2) is 11.9 Å². The number of aryl methyl sites for hydroxylation is 1. The topological polar surface area (TPSA) is 15.3 Å². The average Bonchev–Trinajstić information content (AvgIpc) is 2.93. The van der Waals surface area contributed by atoms with Gasteiger partial charge in [0, 0.05) is 23.9 Å². The molecule has 3 aromatic carbocycles. The highest BCUT2D eigenvalue weighted by Crippen LogP contribution is 2.40. The Kier molecular flexibility index (Phi) is 7.80.